The molecule has 0 radical (unpaired) electrons. The van der Waals surface area contributed by atoms with Gasteiger partial charge in [-0.3, -0.25) is 14.4 Å². The largest absolute Gasteiger partial charge is 0.480 e. The van der Waals surface area contributed by atoms with Crippen molar-refractivity contribution in [3.8, 4) is 0 Å². The lowest BCUT2D eigenvalue weighted by molar-refractivity contribution is -0.142. The van der Waals surface area contributed by atoms with E-state index in [1.165, 1.54) is 6.92 Å². The van der Waals surface area contributed by atoms with Crippen LogP contribution < -0.4 is 27.4 Å². The molecule has 0 rings (SSSR count). The maximum absolute atomic E-state index is 12.9. The van der Waals surface area contributed by atoms with Gasteiger partial charge in [-0.15, -0.1) is 0 Å². The zero-order chi connectivity index (χ0) is 25.7. The summed E-state index contributed by atoms with van der Waals surface area (Å²) in [6.45, 7) is 9.14. The first kappa shape index (κ1) is 30.8. The molecule has 33 heavy (non-hydrogen) atoms. The summed E-state index contributed by atoms with van der Waals surface area (Å²) in [5.41, 5.74) is 11.4. The van der Waals surface area contributed by atoms with E-state index in [2.05, 4.69) is 16.0 Å². The average molecular weight is 474 g/mol. The molecule has 0 aliphatic carbocycles. The first-order valence-electron chi connectivity index (χ1n) is 11.6. The van der Waals surface area contributed by atoms with E-state index < -0.39 is 54.0 Å². The molecule has 0 saturated carbocycles. The molecule has 6 atom stereocenters. The molecule has 11 heteroatoms. The molecule has 192 valence electrons. The lowest BCUT2D eigenvalue weighted by Gasteiger charge is -2.28. The standard InChI is InChI=1S/C22H43N5O6/c1-6-13(4)17(24)20(30)27-18(14(5)28)21(31)26-16(11-12(2)3)19(29)25-15(22(32)33)9-7-8-10-23/h12-18,28H,6-11,23-24H2,1-5H3,(H,25,29)(H,26,31)(H,27,30)(H,32,33). The monoisotopic (exact) mass is 473 g/mol. The molecule has 0 aromatic heterocycles. The second kappa shape index (κ2) is 15.6. The van der Waals surface area contributed by atoms with Crippen molar-refractivity contribution in [2.75, 3.05) is 6.54 Å². The number of nitrogens with two attached hydrogens (primary N) is 2. The molecule has 0 fully saturated rings. The van der Waals surface area contributed by atoms with Crippen LogP contribution in [0.5, 0.6) is 0 Å². The molecule has 11 nitrogen and oxygen atoms in total. The summed E-state index contributed by atoms with van der Waals surface area (Å²) in [6.07, 6.45) is 1.01. The zero-order valence-electron chi connectivity index (χ0n) is 20.5. The Balaban J connectivity index is 5.41. The van der Waals surface area contributed by atoms with Crippen molar-refractivity contribution in [3.05, 3.63) is 0 Å². The normalized spacial score (nSPS) is 16.8. The number of hydrogen-bond acceptors (Lipinski definition) is 7. The van der Waals surface area contributed by atoms with Crippen LogP contribution in [0.1, 0.15) is 66.7 Å². The van der Waals surface area contributed by atoms with Gasteiger partial charge < -0.3 is 37.6 Å². The van der Waals surface area contributed by atoms with Crippen molar-refractivity contribution in [2.24, 2.45) is 23.3 Å². The van der Waals surface area contributed by atoms with Gasteiger partial charge in [0.2, 0.25) is 17.7 Å². The first-order chi connectivity index (χ1) is 15.3. The Kier molecular flexibility index (Phi) is 14.5. The van der Waals surface area contributed by atoms with E-state index >= 15 is 0 Å². The topological polar surface area (TPSA) is 197 Å². The number of nitrogens with one attached hydrogen (secondary N) is 3. The van der Waals surface area contributed by atoms with Gasteiger partial charge in [0.05, 0.1) is 12.1 Å². The van der Waals surface area contributed by atoms with Crippen molar-refractivity contribution in [2.45, 2.75) is 97.0 Å². The van der Waals surface area contributed by atoms with Gasteiger partial charge >= 0.3 is 5.97 Å². The smallest absolute Gasteiger partial charge is 0.326 e. The summed E-state index contributed by atoms with van der Waals surface area (Å²) in [7, 11) is 0. The Bertz CT molecular complexity index is 643. The van der Waals surface area contributed by atoms with Gasteiger partial charge in [-0.2, -0.15) is 0 Å². The first-order valence-corrected chi connectivity index (χ1v) is 11.6. The fourth-order valence-electron chi connectivity index (χ4n) is 3.15. The molecule has 0 spiro atoms. The Hall–Kier alpha value is -2.24. The van der Waals surface area contributed by atoms with E-state index in [0.717, 1.165) is 0 Å². The summed E-state index contributed by atoms with van der Waals surface area (Å²) >= 11 is 0. The summed E-state index contributed by atoms with van der Waals surface area (Å²) in [4.78, 5) is 49.7. The van der Waals surface area contributed by atoms with Gasteiger partial charge in [-0.05, 0) is 51.0 Å². The van der Waals surface area contributed by atoms with Crippen LogP contribution >= 0.6 is 0 Å². The Labute approximate surface area is 196 Å². The lowest BCUT2D eigenvalue weighted by Crippen LogP contribution is -2.60. The van der Waals surface area contributed by atoms with E-state index in [4.69, 9.17) is 11.5 Å². The summed E-state index contributed by atoms with van der Waals surface area (Å²) in [5.74, 6) is -3.30. The minimum Gasteiger partial charge on any atom is -0.480 e. The molecule has 0 aromatic carbocycles. The number of carboxylic acids is 1. The molecule has 3 amide bonds. The highest BCUT2D eigenvalue weighted by Gasteiger charge is 2.33. The summed E-state index contributed by atoms with van der Waals surface area (Å²) in [6, 6.07) is -4.34. The number of hydrogen-bond donors (Lipinski definition) is 7. The van der Waals surface area contributed by atoms with Crippen LogP contribution in [0.25, 0.3) is 0 Å². The fourth-order valence-corrected chi connectivity index (χ4v) is 3.15. The third kappa shape index (κ3) is 11.4. The second-order valence-electron chi connectivity index (χ2n) is 9.01. The van der Waals surface area contributed by atoms with Crippen LogP contribution in [-0.4, -0.2) is 70.7 Å². The third-order valence-electron chi connectivity index (χ3n) is 5.52. The average Bonchev–Trinajstić information content (AvgIpc) is 2.73. The van der Waals surface area contributed by atoms with Gasteiger partial charge in [0.25, 0.3) is 0 Å². The minimum atomic E-state index is -1.32. The lowest BCUT2D eigenvalue weighted by atomic mass is 9.98. The van der Waals surface area contributed by atoms with E-state index in [0.29, 0.717) is 25.8 Å². The quantitative estimate of drug-likeness (QED) is 0.145. The molecular weight excluding hydrogens is 430 g/mol. The summed E-state index contributed by atoms with van der Waals surface area (Å²) < 4.78 is 0. The van der Waals surface area contributed by atoms with E-state index in [-0.39, 0.29) is 24.7 Å². The van der Waals surface area contributed by atoms with E-state index in [9.17, 15) is 29.4 Å². The van der Waals surface area contributed by atoms with Gasteiger partial charge in [0, 0.05) is 0 Å². The Morgan fingerprint density at radius 3 is 1.91 bits per heavy atom. The molecular formula is C22H43N5O6. The van der Waals surface area contributed by atoms with Crippen molar-refractivity contribution in [1.82, 2.24) is 16.0 Å². The molecule has 0 aliphatic heterocycles. The maximum atomic E-state index is 12.9. The van der Waals surface area contributed by atoms with Crippen LogP contribution in [0, 0.1) is 11.8 Å². The Morgan fingerprint density at radius 1 is 0.879 bits per heavy atom. The molecule has 0 aromatic rings. The molecule has 9 N–H and O–H groups in total. The van der Waals surface area contributed by atoms with Crippen LogP contribution in [0.3, 0.4) is 0 Å². The number of carboxylic acid groups (broad SMARTS) is 1. The highest BCUT2D eigenvalue weighted by molar-refractivity contribution is 5.94. The van der Waals surface area contributed by atoms with Crippen molar-refractivity contribution < 1.29 is 29.4 Å². The van der Waals surface area contributed by atoms with Crippen molar-refractivity contribution in [3.63, 3.8) is 0 Å². The van der Waals surface area contributed by atoms with Gasteiger partial charge in [-0.1, -0.05) is 34.1 Å². The number of unbranched alkanes of at least 4 members (excludes halogenated alkanes) is 1. The predicted molar refractivity (Wildman–Crippen MR) is 125 cm³/mol. The predicted octanol–water partition coefficient (Wildman–Crippen LogP) is -0.545. The molecule has 0 bridgehead atoms. The van der Waals surface area contributed by atoms with Gasteiger partial charge in [-0.25, -0.2) is 4.79 Å². The van der Waals surface area contributed by atoms with Crippen molar-refractivity contribution >= 4 is 23.7 Å². The van der Waals surface area contributed by atoms with E-state index in [1.54, 1.807) is 6.92 Å². The van der Waals surface area contributed by atoms with Crippen LogP contribution in [0.15, 0.2) is 0 Å². The molecule has 0 heterocycles. The molecule has 0 aliphatic rings. The number of rotatable bonds is 16. The zero-order valence-corrected chi connectivity index (χ0v) is 20.5. The Morgan fingerprint density at radius 2 is 1.45 bits per heavy atom. The maximum Gasteiger partial charge on any atom is 0.326 e. The highest BCUT2D eigenvalue weighted by atomic mass is 16.4. The fraction of sp³-hybridized carbons (Fsp3) is 0.818. The van der Waals surface area contributed by atoms with Gasteiger partial charge in [0.1, 0.15) is 18.1 Å². The third-order valence-corrected chi connectivity index (χ3v) is 5.52. The van der Waals surface area contributed by atoms with Gasteiger partial charge in [0.15, 0.2) is 0 Å². The minimum absolute atomic E-state index is 0.0000136. The number of carbonyl (C=O) groups excluding carboxylic acids is 3. The number of aliphatic hydroxyl groups excluding tert-OH is 1. The van der Waals surface area contributed by atoms with Crippen LogP contribution in [0.4, 0.5) is 0 Å². The number of amides is 3. The molecule has 6 unspecified atom stereocenters. The number of carbonyl (C=O) groups is 4. The molecule has 0 saturated heterocycles. The number of aliphatic carboxylic acids is 1. The van der Waals surface area contributed by atoms with E-state index in [1.807, 2.05) is 20.8 Å². The van der Waals surface area contributed by atoms with Crippen LogP contribution in [-0.2, 0) is 19.2 Å². The summed E-state index contributed by atoms with van der Waals surface area (Å²) in [5, 5.41) is 27.0. The highest BCUT2D eigenvalue weighted by Crippen LogP contribution is 2.09. The van der Waals surface area contributed by atoms with Crippen LogP contribution in [0.2, 0.25) is 0 Å². The SMILES string of the molecule is CCC(C)C(N)C(=O)NC(C(=O)NC(CC(C)C)C(=O)NC(CCCCN)C(=O)O)C(C)O. The van der Waals surface area contributed by atoms with Crippen molar-refractivity contribution in [1.29, 1.82) is 0 Å². The second-order valence-corrected chi connectivity index (χ2v) is 9.01. The number of aliphatic hydroxyl groups is 1.